The van der Waals surface area contributed by atoms with Crippen LogP contribution in [-0.2, 0) is 13.2 Å². The van der Waals surface area contributed by atoms with E-state index in [1.165, 1.54) is 0 Å². The van der Waals surface area contributed by atoms with Crippen LogP contribution in [0, 0.1) is 0 Å². The van der Waals surface area contributed by atoms with Gasteiger partial charge in [0.1, 0.15) is 6.61 Å². The largest absolute Gasteiger partial charge is 0.490 e. The summed E-state index contributed by atoms with van der Waals surface area (Å²) in [5.41, 5.74) is 7.42. The van der Waals surface area contributed by atoms with Gasteiger partial charge >= 0.3 is 0 Å². The first-order valence-electron chi connectivity index (χ1n) is 9.87. The van der Waals surface area contributed by atoms with Gasteiger partial charge in [-0.1, -0.05) is 39.7 Å². The molecule has 9 nitrogen and oxygen atoms in total. The molecule has 170 valence electrons. The van der Waals surface area contributed by atoms with E-state index in [1.807, 2.05) is 43.3 Å². The highest BCUT2D eigenvalue weighted by Gasteiger charge is 2.15. The number of anilines is 1. The molecule has 0 aliphatic carbocycles. The Bertz CT molecular complexity index is 1060. The van der Waals surface area contributed by atoms with Crippen molar-refractivity contribution < 1.29 is 18.9 Å². The van der Waals surface area contributed by atoms with Crippen molar-refractivity contribution in [3.05, 3.63) is 62.7 Å². The van der Waals surface area contributed by atoms with Gasteiger partial charge in [0, 0.05) is 29.1 Å². The number of benzene rings is 2. The predicted octanol–water partition coefficient (Wildman–Crippen LogP) is 3.57. The summed E-state index contributed by atoms with van der Waals surface area (Å²) in [6.07, 6.45) is 0. The molecule has 4 N–H and O–H groups in total. The number of carbonyl (C=O) groups excluding carboxylic acids is 1. The molecule has 32 heavy (non-hydrogen) atoms. The number of nitrogens with zero attached hydrogens (tertiary/aromatic N) is 2. The minimum Gasteiger partial charge on any atom is -0.490 e. The van der Waals surface area contributed by atoms with Crippen LogP contribution in [0.5, 0.6) is 11.5 Å². The summed E-state index contributed by atoms with van der Waals surface area (Å²) in [5.74, 6) is 0.803. The third-order valence-electron chi connectivity index (χ3n) is 4.33. The Kier molecular flexibility index (Phi) is 8.72. The zero-order chi connectivity index (χ0) is 22.9. The van der Waals surface area contributed by atoms with Crippen LogP contribution < -0.4 is 25.8 Å². The molecule has 11 heteroatoms. The average molecular weight is 525 g/mol. The van der Waals surface area contributed by atoms with Crippen molar-refractivity contribution in [3.8, 4) is 11.5 Å². The van der Waals surface area contributed by atoms with Crippen molar-refractivity contribution in [1.82, 2.24) is 20.9 Å². The van der Waals surface area contributed by atoms with E-state index in [2.05, 4.69) is 41.5 Å². The Morgan fingerprint density at radius 1 is 1.19 bits per heavy atom. The highest BCUT2D eigenvalue weighted by Crippen LogP contribution is 2.34. The van der Waals surface area contributed by atoms with E-state index in [0.29, 0.717) is 49.4 Å². The first-order valence-corrected chi connectivity index (χ1v) is 11.0. The summed E-state index contributed by atoms with van der Waals surface area (Å²) < 4.78 is 17.0. The number of rotatable bonds is 11. The monoisotopic (exact) mass is 523 g/mol. The molecule has 0 aliphatic rings. The van der Waals surface area contributed by atoms with Crippen molar-refractivity contribution in [2.45, 2.75) is 20.1 Å². The Morgan fingerprint density at radius 2 is 2.00 bits per heavy atom. The number of nitrogen functional groups attached to an aromatic ring is 1. The van der Waals surface area contributed by atoms with E-state index in [9.17, 15) is 4.79 Å². The number of nitrogens with two attached hydrogens (primary N) is 1. The van der Waals surface area contributed by atoms with Crippen LogP contribution in [-0.4, -0.2) is 35.9 Å². The molecule has 0 saturated heterocycles. The van der Waals surface area contributed by atoms with Crippen molar-refractivity contribution in [2.24, 2.45) is 0 Å². The molecule has 0 radical (unpaired) electrons. The summed E-state index contributed by atoms with van der Waals surface area (Å²) in [6, 6.07) is 11.3. The second kappa shape index (κ2) is 11.7. The molecule has 0 bridgehead atoms. The third kappa shape index (κ3) is 6.59. The molecule has 0 atom stereocenters. The maximum Gasteiger partial charge on any atom is 0.277 e. The molecule has 0 aliphatic heterocycles. The fourth-order valence-corrected chi connectivity index (χ4v) is 3.48. The standard InChI is InChI=1S/C21H23BrClN5O4/c1-2-30-17-9-14(11-25-6-7-26-21(29)19-20(24)28-32-27-19)16(22)10-18(17)31-12-13-4-3-5-15(23)8-13/h3-5,8-10,25H,2,6-7,11-12H2,1H3,(H2,24,28)(H,26,29). The quantitative estimate of drug-likeness (QED) is 0.325. The summed E-state index contributed by atoms with van der Waals surface area (Å²) in [7, 11) is 0. The van der Waals surface area contributed by atoms with Gasteiger partial charge in [0.2, 0.25) is 11.5 Å². The zero-order valence-corrected chi connectivity index (χ0v) is 19.7. The fraction of sp³-hybridized carbons (Fsp3) is 0.286. The lowest BCUT2D eigenvalue weighted by molar-refractivity contribution is 0.0944. The van der Waals surface area contributed by atoms with Crippen molar-refractivity contribution in [3.63, 3.8) is 0 Å². The maximum absolute atomic E-state index is 11.9. The van der Waals surface area contributed by atoms with Crippen LogP contribution >= 0.6 is 27.5 Å². The normalized spacial score (nSPS) is 10.7. The van der Waals surface area contributed by atoms with Crippen LogP contribution in [0.4, 0.5) is 5.82 Å². The molecular formula is C21H23BrClN5O4. The fourth-order valence-electron chi connectivity index (χ4n) is 2.81. The Labute approximate surface area is 198 Å². The zero-order valence-electron chi connectivity index (χ0n) is 17.4. The summed E-state index contributed by atoms with van der Waals surface area (Å²) in [5, 5.41) is 13.5. The molecule has 2 aromatic carbocycles. The Morgan fingerprint density at radius 3 is 2.72 bits per heavy atom. The third-order valence-corrected chi connectivity index (χ3v) is 5.30. The molecule has 3 rings (SSSR count). The highest BCUT2D eigenvalue weighted by atomic mass is 79.9. The van der Waals surface area contributed by atoms with Gasteiger partial charge in [-0.15, -0.1) is 0 Å². The number of ether oxygens (including phenoxy) is 2. The van der Waals surface area contributed by atoms with Gasteiger partial charge in [-0.25, -0.2) is 4.63 Å². The Balaban J connectivity index is 1.54. The van der Waals surface area contributed by atoms with Crippen LogP contribution in [0.3, 0.4) is 0 Å². The van der Waals surface area contributed by atoms with Crippen LogP contribution in [0.1, 0.15) is 28.5 Å². The van der Waals surface area contributed by atoms with Gasteiger partial charge in [-0.3, -0.25) is 4.79 Å². The lowest BCUT2D eigenvalue weighted by atomic mass is 10.2. The number of nitrogens with one attached hydrogen (secondary N) is 2. The van der Waals surface area contributed by atoms with Crippen LogP contribution in [0.25, 0.3) is 0 Å². The van der Waals surface area contributed by atoms with E-state index >= 15 is 0 Å². The van der Waals surface area contributed by atoms with E-state index in [-0.39, 0.29) is 11.5 Å². The topological polar surface area (TPSA) is 125 Å². The predicted molar refractivity (Wildman–Crippen MR) is 124 cm³/mol. The van der Waals surface area contributed by atoms with Crippen molar-refractivity contribution in [2.75, 3.05) is 25.4 Å². The van der Waals surface area contributed by atoms with E-state index in [1.54, 1.807) is 0 Å². The molecule has 0 saturated carbocycles. The first kappa shape index (κ1) is 23.8. The molecule has 3 aromatic rings. The molecule has 0 fully saturated rings. The van der Waals surface area contributed by atoms with E-state index < -0.39 is 5.91 Å². The maximum atomic E-state index is 11.9. The van der Waals surface area contributed by atoms with Gasteiger partial charge in [-0.05, 0) is 52.6 Å². The number of amides is 1. The number of halogens is 2. The van der Waals surface area contributed by atoms with Crippen LogP contribution in [0.2, 0.25) is 5.02 Å². The number of hydrogen-bond donors (Lipinski definition) is 3. The number of aromatic nitrogens is 2. The summed E-state index contributed by atoms with van der Waals surface area (Å²) in [4.78, 5) is 11.9. The lowest BCUT2D eigenvalue weighted by Crippen LogP contribution is -2.32. The van der Waals surface area contributed by atoms with Gasteiger partial charge in [0.25, 0.3) is 5.91 Å². The molecule has 1 heterocycles. The summed E-state index contributed by atoms with van der Waals surface area (Å²) in [6.45, 7) is 4.26. The van der Waals surface area contributed by atoms with E-state index in [4.69, 9.17) is 26.8 Å². The van der Waals surface area contributed by atoms with Gasteiger partial charge < -0.3 is 25.8 Å². The molecule has 1 aromatic heterocycles. The highest BCUT2D eigenvalue weighted by molar-refractivity contribution is 9.10. The lowest BCUT2D eigenvalue weighted by Gasteiger charge is -2.16. The molecule has 1 amide bonds. The van der Waals surface area contributed by atoms with Gasteiger partial charge in [-0.2, -0.15) is 0 Å². The molecule has 0 spiro atoms. The first-order chi connectivity index (χ1) is 15.5. The van der Waals surface area contributed by atoms with Crippen molar-refractivity contribution in [1.29, 1.82) is 0 Å². The number of carbonyl (C=O) groups is 1. The van der Waals surface area contributed by atoms with Crippen molar-refractivity contribution >= 4 is 39.3 Å². The van der Waals surface area contributed by atoms with Gasteiger partial charge in [0.05, 0.1) is 6.61 Å². The second-order valence-electron chi connectivity index (χ2n) is 6.67. The SMILES string of the molecule is CCOc1cc(CNCCNC(=O)c2nonc2N)c(Br)cc1OCc1cccc(Cl)c1. The molecule has 0 unspecified atom stereocenters. The van der Waals surface area contributed by atoms with Crippen LogP contribution in [0.15, 0.2) is 45.5 Å². The van der Waals surface area contributed by atoms with E-state index in [0.717, 1.165) is 15.6 Å². The average Bonchev–Trinajstić information content (AvgIpc) is 3.20. The minimum atomic E-state index is -0.438. The molecular weight excluding hydrogens is 502 g/mol. The minimum absolute atomic E-state index is 0.0255. The summed E-state index contributed by atoms with van der Waals surface area (Å²) >= 11 is 9.63. The smallest absolute Gasteiger partial charge is 0.277 e. The Hall–Kier alpha value is -2.82. The second-order valence-corrected chi connectivity index (χ2v) is 7.96. The number of hydrogen-bond acceptors (Lipinski definition) is 8. The van der Waals surface area contributed by atoms with Gasteiger partial charge in [0.15, 0.2) is 11.5 Å².